The van der Waals surface area contributed by atoms with E-state index in [4.69, 9.17) is 53.8 Å². The van der Waals surface area contributed by atoms with Gasteiger partial charge in [-0.15, -0.1) is 0 Å². The molecule has 2 rings (SSSR count). The van der Waals surface area contributed by atoms with Gasteiger partial charge in [-0.2, -0.15) is 0 Å². The van der Waals surface area contributed by atoms with Gasteiger partial charge >= 0.3 is 41.0 Å². The number of halogens is 2. The van der Waals surface area contributed by atoms with Crippen LogP contribution in [-0.2, 0) is 71.4 Å². The Balaban J connectivity index is 0.0000101. The number of alkyl halides is 1. The molecule has 256 valence electrons. The predicted octanol–water partition coefficient (Wildman–Crippen LogP) is -5.18. The van der Waals surface area contributed by atoms with Crippen molar-refractivity contribution in [3.05, 3.63) is 0 Å². The first-order valence-electron chi connectivity index (χ1n) is 13.1. The van der Waals surface area contributed by atoms with E-state index in [0.717, 1.165) is 41.5 Å². The topological polar surface area (TPSA) is 237 Å². The second-order valence-corrected chi connectivity index (χ2v) is 10.7. The second kappa shape index (κ2) is 18.2. The molecule has 2 aliphatic heterocycles. The van der Waals surface area contributed by atoms with Gasteiger partial charge in [-0.3, -0.25) is 39.9 Å². The van der Waals surface area contributed by atoms with Crippen LogP contribution in [0.1, 0.15) is 41.5 Å². The van der Waals surface area contributed by atoms with Crippen molar-refractivity contribution in [1.29, 1.82) is 0 Å². The normalized spacial score (nSPS) is 30.8. The number of esters is 6. The van der Waals surface area contributed by atoms with Crippen LogP contribution < -0.4 is 28.1 Å². The number of carbonyl (C=O) groups excluding carboxylic acids is 6. The summed E-state index contributed by atoms with van der Waals surface area (Å²) in [5.41, 5.74) is 4.06. The van der Waals surface area contributed by atoms with Crippen molar-refractivity contribution in [3.8, 4) is 0 Å². The number of carbonyl (C=O) groups is 6. The minimum atomic E-state index is -2.14. The highest BCUT2D eigenvalue weighted by atomic mass is 79.9. The van der Waals surface area contributed by atoms with E-state index < -0.39 is 110 Å². The fraction of sp³-hybridized carbons (Fsp3) is 0.720. The number of ether oxygens (including phenoxy) is 9. The molecule has 0 unspecified atom stereocenters. The summed E-state index contributed by atoms with van der Waals surface area (Å²) in [4.78, 5) is 71.5. The Morgan fingerprint density at radius 2 is 1.09 bits per heavy atom. The summed E-state index contributed by atoms with van der Waals surface area (Å²) in [6.45, 7) is 5.13. The molecule has 0 aromatic rings. The number of nitrogens with two attached hydrogens (primary N) is 2. The van der Waals surface area contributed by atoms with Gasteiger partial charge in [0.05, 0.1) is 0 Å². The molecule has 2 heterocycles. The van der Waals surface area contributed by atoms with Crippen molar-refractivity contribution in [2.75, 3.05) is 13.2 Å². The number of hydrogen-bond acceptors (Lipinski definition) is 16. The summed E-state index contributed by atoms with van der Waals surface area (Å²) < 4.78 is 64.9. The molecule has 0 saturated carbocycles. The third-order valence-corrected chi connectivity index (χ3v) is 6.69. The summed E-state index contributed by atoms with van der Waals surface area (Å²) in [5.74, 6) is -5.13. The summed E-state index contributed by atoms with van der Waals surface area (Å²) in [5, 5.41) is 5.23. The molecule has 0 aliphatic carbocycles. The Bertz CT molecular complexity index is 1120. The Morgan fingerprint density at radius 1 is 0.667 bits per heavy atom. The fourth-order valence-corrected chi connectivity index (χ4v) is 5.13. The Morgan fingerprint density at radius 3 is 1.53 bits per heavy atom. The number of amidine groups is 1. The van der Waals surface area contributed by atoms with Crippen LogP contribution in [0.3, 0.4) is 0 Å². The lowest BCUT2D eigenvalue weighted by atomic mass is 9.96. The maximum absolute atomic E-state index is 15.8. The molecule has 10 atom stereocenters. The van der Waals surface area contributed by atoms with Crippen molar-refractivity contribution in [3.63, 3.8) is 0 Å². The van der Waals surface area contributed by atoms with Gasteiger partial charge in [0.25, 0.3) is 0 Å². The van der Waals surface area contributed by atoms with E-state index in [1.807, 2.05) is 0 Å². The van der Waals surface area contributed by atoms with Gasteiger partial charge in [-0.25, -0.2) is 4.39 Å². The van der Waals surface area contributed by atoms with E-state index in [1.165, 1.54) is 0 Å². The van der Waals surface area contributed by atoms with Crippen LogP contribution in [0.4, 0.5) is 4.39 Å². The van der Waals surface area contributed by atoms with E-state index in [1.54, 1.807) is 0 Å². The Kier molecular flexibility index (Phi) is 16.1. The Labute approximate surface area is 271 Å². The summed E-state index contributed by atoms with van der Waals surface area (Å²) >= 11 is 0.565. The van der Waals surface area contributed by atoms with Crippen LogP contribution in [0.15, 0.2) is 0 Å². The van der Waals surface area contributed by atoms with E-state index in [9.17, 15) is 28.8 Å². The highest BCUT2D eigenvalue weighted by molar-refractivity contribution is 8.13. The molecule has 0 spiro atoms. The average Bonchev–Trinajstić information content (AvgIpc) is 2.87. The maximum Gasteiger partial charge on any atom is 0.303 e. The van der Waals surface area contributed by atoms with Crippen LogP contribution in [0, 0.1) is 0 Å². The van der Waals surface area contributed by atoms with Gasteiger partial charge in [0, 0.05) is 41.5 Å². The summed E-state index contributed by atoms with van der Waals surface area (Å²) in [6.07, 6.45) is -14.9. The van der Waals surface area contributed by atoms with Crippen molar-refractivity contribution in [2.45, 2.75) is 102 Å². The first kappa shape index (κ1) is 40.0. The standard InChI is InChI=1S/C25H35FN2O15S.BrH/c1-9(29)35-7-15-19(37-11(3)31)21(39-13(5)33)22(40-14(6)34)23(41-15)43-18-16(8-36-10(2)30)42-24(44-25(27)28)17(26)20(18)38-12(4)32;/h15-24H,7-8H2,1-6H3,(H3,27,28);1H/t15-,16-,17-,18-,19+,20-,21+,22-,23+,24+;/m1./s1. The van der Waals surface area contributed by atoms with E-state index in [-0.39, 0.29) is 22.1 Å². The largest absolute Gasteiger partial charge is 1.00 e. The predicted molar refractivity (Wildman–Crippen MR) is 141 cm³/mol. The van der Waals surface area contributed by atoms with Gasteiger partial charge in [0.15, 0.2) is 36.9 Å². The molecule has 2 aliphatic rings. The smallest absolute Gasteiger partial charge is 0.303 e. The summed E-state index contributed by atoms with van der Waals surface area (Å²) in [6, 6.07) is 0. The van der Waals surface area contributed by atoms with Crippen LogP contribution in [0.5, 0.6) is 0 Å². The minimum Gasteiger partial charge on any atom is -1.00 e. The molecule has 45 heavy (non-hydrogen) atoms. The molecule has 2 fully saturated rings. The monoisotopic (exact) mass is 734 g/mol. The van der Waals surface area contributed by atoms with Gasteiger partial charge in [0.2, 0.25) is 0 Å². The maximum atomic E-state index is 15.8. The fourth-order valence-electron chi connectivity index (χ4n) is 4.37. The third-order valence-electron chi connectivity index (χ3n) is 5.82. The van der Waals surface area contributed by atoms with Crippen LogP contribution in [0.25, 0.3) is 0 Å². The van der Waals surface area contributed by atoms with Gasteiger partial charge in [-0.05, 0) is 11.8 Å². The Hall–Kier alpha value is -3.07. The van der Waals surface area contributed by atoms with Crippen LogP contribution >= 0.6 is 11.8 Å². The molecule has 17 nitrogen and oxygen atoms in total. The minimum absolute atomic E-state index is 0. The van der Waals surface area contributed by atoms with Gasteiger partial charge in [-0.1, -0.05) is 0 Å². The quantitative estimate of drug-likeness (QED) is 0.0873. The molecule has 20 heteroatoms. The van der Waals surface area contributed by atoms with E-state index in [0.29, 0.717) is 11.8 Å². The zero-order chi connectivity index (χ0) is 33.3. The SMILES string of the molecule is CC(=O)OC[C@H]1O[C@@H](O[C@H]2[C@H](OC(C)=O)[C@@H](F)[C@H](SC(N)=[NH2+])O[C@@H]2COC(C)=O)[C@H](OC(C)=O)[C@@H](OC(C)=O)[C@H]1OC(C)=O.[Br-]. The number of thioether (sulfide) groups is 1. The molecule has 2 saturated heterocycles. The van der Waals surface area contributed by atoms with E-state index in [2.05, 4.69) is 0 Å². The highest BCUT2D eigenvalue weighted by Crippen LogP contribution is 2.37. The van der Waals surface area contributed by atoms with Crippen LogP contribution in [0.2, 0.25) is 0 Å². The number of hydrogen-bond donors (Lipinski definition) is 2. The second-order valence-electron chi connectivity index (χ2n) is 9.55. The van der Waals surface area contributed by atoms with Crippen molar-refractivity contribution in [2.24, 2.45) is 5.73 Å². The van der Waals surface area contributed by atoms with Gasteiger partial charge < -0.3 is 59.6 Å². The zero-order valence-electron chi connectivity index (χ0n) is 25.1. The molecule has 0 aromatic heterocycles. The molecule has 0 aromatic carbocycles. The van der Waals surface area contributed by atoms with Crippen molar-refractivity contribution >= 4 is 52.7 Å². The number of rotatable bonds is 11. The first-order valence-corrected chi connectivity index (χ1v) is 14.0. The van der Waals surface area contributed by atoms with Crippen LogP contribution in [-0.4, -0.2) is 115 Å². The highest BCUT2D eigenvalue weighted by Gasteiger charge is 2.57. The zero-order valence-corrected chi connectivity index (χ0v) is 27.5. The summed E-state index contributed by atoms with van der Waals surface area (Å²) in [7, 11) is 0. The first-order chi connectivity index (χ1) is 20.5. The molecule has 4 N–H and O–H groups in total. The lowest BCUT2D eigenvalue weighted by molar-refractivity contribution is -0.339. The van der Waals surface area contributed by atoms with Gasteiger partial charge in [0.1, 0.15) is 37.0 Å². The molecule has 0 amide bonds. The third kappa shape index (κ3) is 12.3. The lowest BCUT2D eigenvalue weighted by Crippen LogP contribution is -3.00. The molecular weight excluding hydrogens is 699 g/mol. The van der Waals surface area contributed by atoms with E-state index >= 15 is 4.39 Å². The average molecular weight is 736 g/mol. The molecular formula is C25H36BrFN2O15S. The molecule has 0 radical (unpaired) electrons. The van der Waals surface area contributed by atoms with Crippen molar-refractivity contribution < 1.29 is 98.2 Å². The van der Waals surface area contributed by atoms with Crippen molar-refractivity contribution in [1.82, 2.24) is 0 Å². The molecule has 0 bridgehead atoms. The lowest BCUT2D eigenvalue weighted by Gasteiger charge is -2.47.